The van der Waals surface area contributed by atoms with Crippen LogP contribution in [0.5, 0.6) is 5.75 Å². The van der Waals surface area contributed by atoms with Gasteiger partial charge >= 0.3 is 0 Å². The molecule has 0 aliphatic carbocycles. The fourth-order valence-corrected chi connectivity index (χ4v) is 2.52. The molecule has 1 aliphatic heterocycles. The van der Waals surface area contributed by atoms with E-state index in [1.165, 1.54) is 6.07 Å². The highest BCUT2D eigenvalue weighted by atomic mass is 19.1. The van der Waals surface area contributed by atoms with E-state index in [2.05, 4.69) is 9.55 Å². The zero-order chi connectivity index (χ0) is 13.4. The molecule has 100 valence electrons. The minimum Gasteiger partial charge on any atom is -0.488 e. The first kappa shape index (κ1) is 12.2. The number of ether oxygens (including phenoxy) is 1. The third-order valence-corrected chi connectivity index (χ3v) is 3.50. The number of aryl methyl sites for hydroxylation is 1. The predicted molar refractivity (Wildman–Crippen MR) is 69.4 cm³/mol. The van der Waals surface area contributed by atoms with Gasteiger partial charge in [0.1, 0.15) is 23.5 Å². The van der Waals surface area contributed by atoms with Crippen molar-refractivity contribution in [3.63, 3.8) is 0 Å². The summed E-state index contributed by atoms with van der Waals surface area (Å²) in [4.78, 5) is 4.26. The number of benzene rings is 1. The number of nitrogens with zero attached hydrogens (tertiary/aromatic N) is 2. The summed E-state index contributed by atoms with van der Waals surface area (Å²) in [7, 11) is 0. The number of fused-ring (bicyclic) bond motifs is 1. The Bertz CT molecular complexity index is 609. The summed E-state index contributed by atoms with van der Waals surface area (Å²) < 4.78 is 21.1. The van der Waals surface area contributed by atoms with E-state index in [0.717, 1.165) is 22.8 Å². The Morgan fingerprint density at radius 1 is 1.53 bits per heavy atom. The molecule has 1 unspecified atom stereocenters. The first-order valence-corrected chi connectivity index (χ1v) is 6.33. The quantitative estimate of drug-likeness (QED) is 0.916. The van der Waals surface area contributed by atoms with Crippen LogP contribution in [0.2, 0.25) is 0 Å². The van der Waals surface area contributed by atoms with E-state index in [-0.39, 0.29) is 11.9 Å². The van der Waals surface area contributed by atoms with Gasteiger partial charge in [0.05, 0.1) is 12.2 Å². The summed E-state index contributed by atoms with van der Waals surface area (Å²) in [5.41, 5.74) is 7.61. The molecule has 2 heterocycles. The number of nitrogens with two attached hydrogens (primary N) is 1. The summed E-state index contributed by atoms with van der Waals surface area (Å²) >= 11 is 0. The highest BCUT2D eigenvalue weighted by molar-refractivity contribution is 5.37. The lowest BCUT2D eigenvalue weighted by Crippen LogP contribution is -2.23. The van der Waals surface area contributed by atoms with Gasteiger partial charge in [0.2, 0.25) is 0 Å². The molecule has 1 atom stereocenters. The topological polar surface area (TPSA) is 53.1 Å². The molecular formula is C14H16FN3O. The third kappa shape index (κ3) is 2.21. The lowest BCUT2D eigenvalue weighted by atomic mass is 10.1. The fraction of sp³-hybridized carbons (Fsp3) is 0.357. The summed E-state index contributed by atoms with van der Waals surface area (Å²) in [6.45, 7) is 3.09. The fourth-order valence-electron chi connectivity index (χ4n) is 2.52. The maximum Gasteiger partial charge on any atom is 0.123 e. The minimum absolute atomic E-state index is 0.00926. The van der Waals surface area contributed by atoms with Gasteiger partial charge in [-0.05, 0) is 25.1 Å². The lowest BCUT2D eigenvalue weighted by molar-refractivity contribution is 0.206. The van der Waals surface area contributed by atoms with Crippen molar-refractivity contribution in [1.82, 2.24) is 9.55 Å². The number of hydrogen-bond acceptors (Lipinski definition) is 3. The Morgan fingerprint density at radius 3 is 3.16 bits per heavy atom. The molecule has 0 saturated heterocycles. The van der Waals surface area contributed by atoms with Crippen LogP contribution in [0.25, 0.3) is 0 Å². The summed E-state index contributed by atoms with van der Waals surface area (Å²) in [5.74, 6) is 1.48. The van der Waals surface area contributed by atoms with Gasteiger partial charge < -0.3 is 15.0 Å². The van der Waals surface area contributed by atoms with Crippen molar-refractivity contribution in [3.8, 4) is 5.75 Å². The number of aromatic nitrogens is 2. The smallest absolute Gasteiger partial charge is 0.123 e. The normalized spacial score (nSPS) is 17.3. The molecule has 4 nitrogen and oxygen atoms in total. The van der Waals surface area contributed by atoms with Crippen molar-refractivity contribution in [2.45, 2.75) is 32.5 Å². The van der Waals surface area contributed by atoms with Crippen LogP contribution in [-0.2, 0) is 19.5 Å². The van der Waals surface area contributed by atoms with E-state index in [1.807, 2.05) is 6.92 Å². The molecule has 3 rings (SSSR count). The summed E-state index contributed by atoms with van der Waals surface area (Å²) in [6.07, 6.45) is 2.52. The van der Waals surface area contributed by atoms with Crippen molar-refractivity contribution in [1.29, 1.82) is 0 Å². The molecule has 0 saturated carbocycles. The molecule has 2 N–H and O–H groups in total. The van der Waals surface area contributed by atoms with Crippen molar-refractivity contribution in [2.75, 3.05) is 0 Å². The van der Waals surface area contributed by atoms with Crippen LogP contribution in [0, 0.1) is 12.7 Å². The van der Waals surface area contributed by atoms with Gasteiger partial charge in [0, 0.05) is 24.7 Å². The number of imidazole rings is 1. The van der Waals surface area contributed by atoms with E-state index in [0.29, 0.717) is 19.5 Å². The van der Waals surface area contributed by atoms with Crippen LogP contribution in [0.15, 0.2) is 24.4 Å². The maximum absolute atomic E-state index is 13.2. The van der Waals surface area contributed by atoms with Gasteiger partial charge in [0.15, 0.2) is 0 Å². The van der Waals surface area contributed by atoms with Gasteiger partial charge in [0.25, 0.3) is 0 Å². The second-order valence-electron chi connectivity index (χ2n) is 4.81. The van der Waals surface area contributed by atoms with Crippen LogP contribution in [0.4, 0.5) is 4.39 Å². The SMILES string of the molecule is Cc1ncc(CN)n1CC1Cc2cc(F)ccc2O1. The highest BCUT2D eigenvalue weighted by Gasteiger charge is 2.24. The number of rotatable bonds is 3. The van der Waals surface area contributed by atoms with Crippen LogP contribution in [-0.4, -0.2) is 15.7 Å². The number of halogens is 1. The Balaban J connectivity index is 1.78. The van der Waals surface area contributed by atoms with Crippen LogP contribution < -0.4 is 10.5 Å². The molecular weight excluding hydrogens is 245 g/mol. The monoisotopic (exact) mass is 261 g/mol. The van der Waals surface area contributed by atoms with E-state index >= 15 is 0 Å². The average Bonchev–Trinajstić information content (AvgIpc) is 2.94. The first-order chi connectivity index (χ1) is 9.17. The van der Waals surface area contributed by atoms with Gasteiger partial charge in [-0.25, -0.2) is 9.37 Å². The zero-order valence-electron chi connectivity index (χ0n) is 10.8. The van der Waals surface area contributed by atoms with E-state index in [9.17, 15) is 4.39 Å². The van der Waals surface area contributed by atoms with Crippen molar-refractivity contribution in [3.05, 3.63) is 47.3 Å². The maximum atomic E-state index is 13.2. The summed E-state index contributed by atoms with van der Waals surface area (Å²) in [5, 5.41) is 0. The first-order valence-electron chi connectivity index (χ1n) is 6.33. The van der Waals surface area contributed by atoms with E-state index in [4.69, 9.17) is 10.5 Å². The lowest BCUT2D eigenvalue weighted by Gasteiger charge is -2.15. The second kappa shape index (κ2) is 4.66. The van der Waals surface area contributed by atoms with Crippen molar-refractivity contribution >= 4 is 0 Å². The van der Waals surface area contributed by atoms with Crippen LogP contribution >= 0.6 is 0 Å². The molecule has 2 aromatic rings. The van der Waals surface area contributed by atoms with E-state index in [1.54, 1.807) is 18.3 Å². The predicted octanol–water partition coefficient (Wildman–Crippen LogP) is 1.79. The van der Waals surface area contributed by atoms with Crippen molar-refractivity contribution in [2.24, 2.45) is 5.73 Å². The van der Waals surface area contributed by atoms with Crippen molar-refractivity contribution < 1.29 is 9.13 Å². The van der Waals surface area contributed by atoms with Gasteiger partial charge in [-0.3, -0.25) is 0 Å². The molecule has 1 aromatic carbocycles. The number of hydrogen-bond donors (Lipinski definition) is 1. The second-order valence-corrected chi connectivity index (χ2v) is 4.81. The summed E-state index contributed by atoms with van der Waals surface area (Å²) in [6, 6.07) is 4.66. The molecule has 1 aliphatic rings. The van der Waals surface area contributed by atoms with Crippen LogP contribution in [0.3, 0.4) is 0 Å². The van der Waals surface area contributed by atoms with E-state index < -0.39 is 0 Å². The largest absolute Gasteiger partial charge is 0.488 e. The van der Waals surface area contributed by atoms with Crippen LogP contribution in [0.1, 0.15) is 17.1 Å². The molecule has 0 bridgehead atoms. The molecule has 0 radical (unpaired) electrons. The molecule has 19 heavy (non-hydrogen) atoms. The molecule has 1 aromatic heterocycles. The van der Waals surface area contributed by atoms with Gasteiger partial charge in [-0.2, -0.15) is 0 Å². The Kier molecular flexibility index (Phi) is 2.98. The Labute approximate surface area is 111 Å². The molecule has 0 spiro atoms. The highest BCUT2D eigenvalue weighted by Crippen LogP contribution is 2.30. The minimum atomic E-state index is -0.218. The Morgan fingerprint density at radius 2 is 2.37 bits per heavy atom. The third-order valence-electron chi connectivity index (χ3n) is 3.50. The Hall–Kier alpha value is -1.88. The standard InChI is InChI=1S/C14H16FN3O/c1-9-17-7-12(6-16)18(9)8-13-5-10-4-11(15)2-3-14(10)19-13/h2-4,7,13H,5-6,8,16H2,1H3. The molecule has 0 fully saturated rings. The molecule has 0 amide bonds. The molecule has 5 heteroatoms. The van der Waals surface area contributed by atoms with Gasteiger partial charge in [-0.15, -0.1) is 0 Å². The van der Waals surface area contributed by atoms with Gasteiger partial charge in [-0.1, -0.05) is 0 Å². The average molecular weight is 261 g/mol. The zero-order valence-corrected chi connectivity index (χ0v) is 10.8.